The first-order valence-electron chi connectivity index (χ1n) is 7.87. The summed E-state index contributed by atoms with van der Waals surface area (Å²) in [6.07, 6.45) is 3.62. The maximum atomic E-state index is 5.92. The lowest BCUT2D eigenvalue weighted by Gasteiger charge is -2.40. The van der Waals surface area contributed by atoms with Gasteiger partial charge in [-0.3, -0.25) is 4.90 Å². The van der Waals surface area contributed by atoms with Gasteiger partial charge in [0.1, 0.15) is 0 Å². The van der Waals surface area contributed by atoms with Crippen molar-refractivity contribution >= 4 is 0 Å². The van der Waals surface area contributed by atoms with Crippen molar-refractivity contribution < 1.29 is 14.0 Å². The molecule has 0 aromatic carbocycles. The molecule has 4 heterocycles. The zero-order valence-electron chi connectivity index (χ0n) is 13.1. The largest absolute Gasteiger partial charge is 0.384 e. The molecule has 0 spiro atoms. The molecule has 2 atom stereocenters. The monoisotopic (exact) mass is 320 g/mol. The molecule has 9 nitrogen and oxygen atoms in total. The molecule has 0 saturated carbocycles. The molecule has 0 unspecified atom stereocenters. The van der Waals surface area contributed by atoms with E-state index in [2.05, 4.69) is 25.4 Å². The SMILES string of the molecule is COCCc1noc(CN2CC[C@H]3OCc4cnnn4[C@@H]3C2)n1. The Labute approximate surface area is 133 Å². The zero-order valence-corrected chi connectivity index (χ0v) is 13.1. The van der Waals surface area contributed by atoms with E-state index in [-0.39, 0.29) is 12.1 Å². The molecule has 124 valence electrons. The maximum Gasteiger partial charge on any atom is 0.240 e. The maximum absolute atomic E-state index is 5.92. The van der Waals surface area contributed by atoms with Crippen LogP contribution in [0.3, 0.4) is 0 Å². The third-order valence-electron chi connectivity index (χ3n) is 4.41. The van der Waals surface area contributed by atoms with Crippen LogP contribution in [0.2, 0.25) is 0 Å². The number of hydrogen-bond donors (Lipinski definition) is 0. The van der Waals surface area contributed by atoms with Crippen LogP contribution in [0, 0.1) is 0 Å². The Bertz CT molecular complexity index is 656. The molecule has 0 amide bonds. The van der Waals surface area contributed by atoms with Gasteiger partial charge in [-0.1, -0.05) is 10.4 Å². The van der Waals surface area contributed by atoms with Crippen molar-refractivity contribution in [2.75, 3.05) is 26.8 Å². The molecule has 1 fully saturated rings. The number of hydrogen-bond acceptors (Lipinski definition) is 8. The topological polar surface area (TPSA) is 91.3 Å². The molecular formula is C14H20N6O3. The van der Waals surface area contributed by atoms with Crippen LogP contribution in [0.15, 0.2) is 10.7 Å². The highest BCUT2D eigenvalue weighted by Gasteiger charge is 2.36. The van der Waals surface area contributed by atoms with E-state index < -0.39 is 0 Å². The fraction of sp³-hybridized carbons (Fsp3) is 0.714. The van der Waals surface area contributed by atoms with Gasteiger partial charge in [0.2, 0.25) is 5.89 Å². The molecule has 0 aliphatic carbocycles. The van der Waals surface area contributed by atoms with E-state index >= 15 is 0 Å². The van der Waals surface area contributed by atoms with Gasteiger partial charge in [-0.15, -0.1) is 5.10 Å². The summed E-state index contributed by atoms with van der Waals surface area (Å²) in [6.45, 7) is 3.63. The van der Waals surface area contributed by atoms with Crippen molar-refractivity contribution in [3.63, 3.8) is 0 Å². The van der Waals surface area contributed by atoms with Crippen molar-refractivity contribution in [3.05, 3.63) is 23.6 Å². The van der Waals surface area contributed by atoms with E-state index in [1.165, 1.54) is 0 Å². The van der Waals surface area contributed by atoms with Crippen LogP contribution < -0.4 is 0 Å². The lowest BCUT2D eigenvalue weighted by molar-refractivity contribution is -0.0681. The van der Waals surface area contributed by atoms with Crippen LogP contribution in [-0.2, 0) is 29.0 Å². The predicted octanol–water partition coefficient (Wildman–Crippen LogP) is 0.196. The van der Waals surface area contributed by atoms with E-state index in [0.717, 1.165) is 25.2 Å². The molecule has 2 aliphatic heterocycles. The minimum atomic E-state index is 0.200. The summed E-state index contributed by atoms with van der Waals surface area (Å²) in [5.41, 5.74) is 1.03. The molecule has 4 rings (SSSR count). The Hall–Kier alpha value is -1.84. The first-order valence-corrected chi connectivity index (χ1v) is 7.87. The summed E-state index contributed by atoms with van der Waals surface area (Å²) in [7, 11) is 1.66. The Morgan fingerprint density at radius 2 is 2.39 bits per heavy atom. The van der Waals surface area contributed by atoms with Gasteiger partial charge in [0.25, 0.3) is 0 Å². The number of piperidine rings is 1. The highest BCUT2D eigenvalue weighted by molar-refractivity contribution is 5.01. The minimum absolute atomic E-state index is 0.200. The second kappa shape index (κ2) is 6.34. The van der Waals surface area contributed by atoms with Gasteiger partial charge in [0, 0.05) is 26.6 Å². The van der Waals surface area contributed by atoms with Gasteiger partial charge in [0.05, 0.1) is 43.8 Å². The molecule has 2 aromatic rings. The third kappa shape index (κ3) is 2.99. The Morgan fingerprint density at radius 1 is 1.43 bits per heavy atom. The standard InChI is InChI=1S/C14H20N6O3/c1-21-5-3-13-16-14(23-17-13)8-19-4-2-12-11(7-19)20-10(9-22-12)6-15-18-20/h6,11-12H,2-5,7-9H2,1H3/t11-,12-/m1/s1. The van der Waals surface area contributed by atoms with E-state index in [1.54, 1.807) is 13.3 Å². The zero-order chi connectivity index (χ0) is 15.6. The highest BCUT2D eigenvalue weighted by Crippen LogP contribution is 2.30. The van der Waals surface area contributed by atoms with Gasteiger partial charge in [-0.05, 0) is 6.42 Å². The highest BCUT2D eigenvalue weighted by atomic mass is 16.5. The molecule has 9 heteroatoms. The minimum Gasteiger partial charge on any atom is -0.384 e. The summed E-state index contributed by atoms with van der Waals surface area (Å²) in [5, 5.41) is 12.2. The molecular weight excluding hydrogens is 300 g/mol. The van der Waals surface area contributed by atoms with Gasteiger partial charge >= 0.3 is 0 Å². The predicted molar refractivity (Wildman–Crippen MR) is 77.4 cm³/mol. The normalized spacial score (nSPS) is 24.4. The van der Waals surface area contributed by atoms with Crippen molar-refractivity contribution in [1.82, 2.24) is 30.0 Å². The van der Waals surface area contributed by atoms with Crippen molar-refractivity contribution in [2.45, 2.75) is 38.1 Å². The fourth-order valence-electron chi connectivity index (χ4n) is 3.23. The van der Waals surface area contributed by atoms with Crippen LogP contribution in [0.4, 0.5) is 0 Å². The summed E-state index contributed by atoms with van der Waals surface area (Å²) in [5.74, 6) is 1.33. The number of nitrogens with zero attached hydrogens (tertiary/aromatic N) is 6. The van der Waals surface area contributed by atoms with Crippen LogP contribution in [0.1, 0.15) is 29.9 Å². The van der Waals surface area contributed by atoms with Crippen molar-refractivity contribution in [3.8, 4) is 0 Å². The van der Waals surface area contributed by atoms with Gasteiger partial charge in [-0.25, -0.2) is 4.68 Å². The number of methoxy groups -OCH3 is 1. The quantitative estimate of drug-likeness (QED) is 0.771. The summed E-state index contributed by atoms with van der Waals surface area (Å²) < 4.78 is 18.3. The van der Waals surface area contributed by atoms with Gasteiger partial charge in [0.15, 0.2) is 5.82 Å². The molecule has 23 heavy (non-hydrogen) atoms. The second-order valence-electron chi connectivity index (χ2n) is 5.96. The second-order valence-corrected chi connectivity index (χ2v) is 5.96. The fourth-order valence-corrected chi connectivity index (χ4v) is 3.23. The average molecular weight is 320 g/mol. The van der Waals surface area contributed by atoms with Crippen molar-refractivity contribution in [1.29, 1.82) is 0 Å². The van der Waals surface area contributed by atoms with Crippen LogP contribution in [-0.4, -0.2) is 62.9 Å². The van der Waals surface area contributed by atoms with E-state index in [4.69, 9.17) is 14.0 Å². The number of aromatic nitrogens is 5. The molecule has 2 aromatic heterocycles. The van der Waals surface area contributed by atoms with Crippen molar-refractivity contribution in [2.24, 2.45) is 0 Å². The number of ether oxygens (including phenoxy) is 2. The number of fused-ring (bicyclic) bond motifs is 3. The Kier molecular flexibility index (Phi) is 4.06. The first-order chi connectivity index (χ1) is 11.3. The summed E-state index contributed by atoms with van der Waals surface area (Å²) >= 11 is 0. The van der Waals surface area contributed by atoms with Crippen LogP contribution in [0.25, 0.3) is 0 Å². The Balaban J connectivity index is 1.41. The molecule has 0 bridgehead atoms. The van der Waals surface area contributed by atoms with Gasteiger partial charge < -0.3 is 14.0 Å². The number of likely N-dealkylation sites (tertiary alicyclic amines) is 1. The van der Waals surface area contributed by atoms with E-state index in [9.17, 15) is 0 Å². The smallest absolute Gasteiger partial charge is 0.240 e. The van der Waals surface area contributed by atoms with E-state index in [0.29, 0.717) is 37.9 Å². The molecule has 0 radical (unpaired) electrons. The first kappa shape index (κ1) is 14.7. The average Bonchev–Trinajstić information content (AvgIpc) is 3.22. The molecule has 0 N–H and O–H groups in total. The number of rotatable bonds is 5. The third-order valence-corrected chi connectivity index (χ3v) is 4.41. The van der Waals surface area contributed by atoms with Crippen LogP contribution in [0.5, 0.6) is 0 Å². The lowest BCUT2D eigenvalue weighted by atomic mass is 10.0. The van der Waals surface area contributed by atoms with Gasteiger partial charge in [-0.2, -0.15) is 4.98 Å². The van der Waals surface area contributed by atoms with Crippen LogP contribution >= 0.6 is 0 Å². The molecule has 2 aliphatic rings. The van der Waals surface area contributed by atoms with E-state index in [1.807, 2.05) is 4.68 Å². The summed E-state index contributed by atoms with van der Waals surface area (Å²) in [6, 6.07) is 0.200. The molecule has 1 saturated heterocycles. The Morgan fingerprint density at radius 3 is 3.30 bits per heavy atom. The lowest BCUT2D eigenvalue weighted by Crippen LogP contribution is -2.47. The summed E-state index contributed by atoms with van der Waals surface area (Å²) in [4.78, 5) is 6.72.